The van der Waals surface area contributed by atoms with Gasteiger partial charge in [0.2, 0.25) is 5.95 Å². The number of rotatable bonds is 8. The van der Waals surface area contributed by atoms with Gasteiger partial charge in [0.1, 0.15) is 0 Å². The quantitative estimate of drug-likeness (QED) is 0.529. The maximum absolute atomic E-state index is 12.8. The fourth-order valence-electron chi connectivity index (χ4n) is 2.95. The van der Waals surface area contributed by atoms with Gasteiger partial charge in [-0.25, -0.2) is 4.79 Å². The molecule has 2 heterocycles. The minimum absolute atomic E-state index is 0.0502. The lowest BCUT2D eigenvalue weighted by atomic mass is 10.2. The molecule has 150 valence electrons. The monoisotopic (exact) mass is 407 g/mol. The molecule has 0 bridgehead atoms. The molecule has 3 rings (SSSR count). The Morgan fingerprint density at radius 3 is 2.71 bits per heavy atom. The highest BCUT2D eigenvalue weighted by Crippen LogP contribution is 2.19. The van der Waals surface area contributed by atoms with Crippen LogP contribution >= 0.6 is 11.6 Å². The molecule has 9 nitrogen and oxygen atoms in total. The molecule has 3 aromatic rings. The number of nitrogens with zero attached hydrogens (tertiary/aromatic N) is 4. The highest BCUT2D eigenvalue weighted by atomic mass is 35.5. The zero-order chi connectivity index (χ0) is 20.3. The SMILES string of the molecule is Cn1c(=O)c2c(nc(NCCOCCO)n2Cc2cccc(Cl)c2)n(C)c1=O. The third-order valence-electron chi connectivity index (χ3n) is 4.34. The third-order valence-corrected chi connectivity index (χ3v) is 4.58. The van der Waals surface area contributed by atoms with Gasteiger partial charge in [0.25, 0.3) is 5.56 Å². The molecule has 0 fully saturated rings. The minimum Gasteiger partial charge on any atom is -0.394 e. The van der Waals surface area contributed by atoms with E-state index in [1.165, 1.54) is 11.6 Å². The Balaban J connectivity index is 2.07. The minimum atomic E-state index is -0.442. The second kappa shape index (κ2) is 8.59. The summed E-state index contributed by atoms with van der Waals surface area (Å²) in [6.07, 6.45) is 0. The van der Waals surface area contributed by atoms with E-state index in [1.807, 2.05) is 18.2 Å². The molecular formula is C18H22ClN5O4. The Kier molecular flexibility index (Phi) is 6.18. The third kappa shape index (κ3) is 3.96. The highest BCUT2D eigenvalue weighted by molar-refractivity contribution is 6.30. The Bertz CT molecular complexity index is 1100. The van der Waals surface area contributed by atoms with Crippen LogP contribution in [0.3, 0.4) is 0 Å². The van der Waals surface area contributed by atoms with Crippen LogP contribution in [0.25, 0.3) is 11.2 Å². The molecule has 1 aromatic carbocycles. The van der Waals surface area contributed by atoms with E-state index in [9.17, 15) is 9.59 Å². The zero-order valence-electron chi connectivity index (χ0n) is 15.7. The molecule has 0 amide bonds. The van der Waals surface area contributed by atoms with Crippen LogP contribution in [0.5, 0.6) is 0 Å². The number of fused-ring (bicyclic) bond motifs is 1. The van der Waals surface area contributed by atoms with Gasteiger partial charge in [0.15, 0.2) is 11.2 Å². The number of aryl methyl sites for hydroxylation is 1. The Hall–Kier alpha value is -2.62. The number of halogens is 1. The number of hydrogen-bond acceptors (Lipinski definition) is 6. The van der Waals surface area contributed by atoms with Crippen LogP contribution in [0.4, 0.5) is 5.95 Å². The van der Waals surface area contributed by atoms with Gasteiger partial charge in [-0.05, 0) is 17.7 Å². The Morgan fingerprint density at radius 1 is 1.21 bits per heavy atom. The predicted molar refractivity (Wildman–Crippen MR) is 107 cm³/mol. The number of ether oxygens (including phenoxy) is 1. The van der Waals surface area contributed by atoms with E-state index in [0.717, 1.165) is 10.1 Å². The molecular weight excluding hydrogens is 386 g/mol. The Labute approximate surface area is 165 Å². The maximum Gasteiger partial charge on any atom is 0.332 e. The van der Waals surface area contributed by atoms with Crippen molar-refractivity contribution < 1.29 is 9.84 Å². The molecule has 0 atom stereocenters. The van der Waals surface area contributed by atoms with Crippen LogP contribution in [0.2, 0.25) is 5.02 Å². The normalized spacial score (nSPS) is 11.3. The van der Waals surface area contributed by atoms with E-state index in [2.05, 4.69) is 10.3 Å². The summed E-state index contributed by atoms with van der Waals surface area (Å²) in [6.45, 7) is 1.33. The maximum atomic E-state index is 12.8. The van der Waals surface area contributed by atoms with Crippen LogP contribution in [0.15, 0.2) is 33.9 Å². The molecule has 2 aromatic heterocycles. The summed E-state index contributed by atoms with van der Waals surface area (Å²) in [5.41, 5.74) is 0.652. The Morgan fingerprint density at radius 2 is 2.00 bits per heavy atom. The number of aliphatic hydroxyl groups is 1. The first-order valence-corrected chi connectivity index (χ1v) is 9.15. The summed E-state index contributed by atoms with van der Waals surface area (Å²) in [6, 6.07) is 7.32. The molecule has 0 aliphatic heterocycles. The number of benzene rings is 1. The van der Waals surface area contributed by atoms with Gasteiger partial charge in [0.05, 0.1) is 26.4 Å². The predicted octanol–water partition coefficient (Wildman–Crippen LogP) is 0.556. The van der Waals surface area contributed by atoms with Gasteiger partial charge < -0.3 is 15.2 Å². The molecule has 0 spiro atoms. The van der Waals surface area contributed by atoms with E-state index >= 15 is 0 Å². The van der Waals surface area contributed by atoms with Crippen molar-refractivity contribution in [1.82, 2.24) is 18.7 Å². The number of aromatic nitrogens is 4. The first-order valence-electron chi connectivity index (χ1n) is 8.77. The van der Waals surface area contributed by atoms with Crippen molar-refractivity contribution in [3.8, 4) is 0 Å². The number of imidazole rings is 1. The summed E-state index contributed by atoms with van der Waals surface area (Å²) in [4.78, 5) is 29.5. The molecule has 0 aliphatic rings. The summed E-state index contributed by atoms with van der Waals surface area (Å²) >= 11 is 6.09. The van der Waals surface area contributed by atoms with Crippen molar-refractivity contribution in [3.05, 3.63) is 55.7 Å². The first-order chi connectivity index (χ1) is 13.4. The number of anilines is 1. The summed E-state index contributed by atoms with van der Waals surface area (Å²) < 4.78 is 9.39. The van der Waals surface area contributed by atoms with Gasteiger partial charge in [-0.1, -0.05) is 23.7 Å². The molecule has 10 heteroatoms. The lowest BCUT2D eigenvalue weighted by molar-refractivity contribution is 0.0991. The van der Waals surface area contributed by atoms with Gasteiger partial charge in [-0.3, -0.25) is 18.5 Å². The van der Waals surface area contributed by atoms with Gasteiger partial charge in [0, 0.05) is 25.7 Å². The van der Waals surface area contributed by atoms with Crippen LogP contribution in [0.1, 0.15) is 5.56 Å². The molecule has 28 heavy (non-hydrogen) atoms. The van der Waals surface area contributed by atoms with Crippen molar-refractivity contribution in [2.75, 3.05) is 31.7 Å². The van der Waals surface area contributed by atoms with Crippen molar-refractivity contribution in [2.45, 2.75) is 6.54 Å². The van der Waals surface area contributed by atoms with E-state index in [1.54, 1.807) is 17.7 Å². The lowest BCUT2D eigenvalue weighted by Crippen LogP contribution is -2.37. The molecule has 0 unspecified atom stereocenters. The fraction of sp³-hybridized carbons (Fsp3) is 0.389. The topological polar surface area (TPSA) is 103 Å². The largest absolute Gasteiger partial charge is 0.394 e. The average Bonchev–Trinajstić information content (AvgIpc) is 3.03. The molecule has 0 aliphatic carbocycles. The second-order valence-corrected chi connectivity index (χ2v) is 6.73. The molecule has 0 radical (unpaired) electrons. The van der Waals surface area contributed by atoms with E-state index in [-0.39, 0.29) is 13.2 Å². The van der Waals surface area contributed by atoms with Crippen LogP contribution in [-0.2, 0) is 25.4 Å². The summed E-state index contributed by atoms with van der Waals surface area (Å²) in [7, 11) is 3.02. The van der Waals surface area contributed by atoms with Gasteiger partial charge in [-0.15, -0.1) is 0 Å². The smallest absolute Gasteiger partial charge is 0.332 e. The average molecular weight is 408 g/mol. The summed E-state index contributed by atoms with van der Waals surface area (Å²) in [5.74, 6) is 0.445. The van der Waals surface area contributed by atoms with Crippen LogP contribution < -0.4 is 16.6 Å². The van der Waals surface area contributed by atoms with E-state index < -0.39 is 11.2 Å². The number of hydrogen-bond donors (Lipinski definition) is 2. The molecule has 0 saturated carbocycles. The van der Waals surface area contributed by atoms with Crippen LogP contribution in [-0.4, -0.2) is 50.2 Å². The summed E-state index contributed by atoms with van der Waals surface area (Å²) in [5, 5.41) is 12.5. The van der Waals surface area contributed by atoms with Crippen molar-refractivity contribution in [3.63, 3.8) is 0 Å². The number of nitrogens with one attached hydrogen (secondary N) is 1. The molecule has 2 N–H and O–H groups in total. The number of aliphatic hydroxyl groups excluding tert-OH is 1. The van der Waals surface area contributed by atoms with Crippen molar-refractivity contribution >= 4 is 28.7 Å². The van der Waals surface area contributed by atoms with E-state index in [4.69, 9.17) is 21.4 Å². The van der Waals surface area contributed by atoms with E-state index in [0.29, 0.717) is 41.8 Å². The first kappa shape index (κ1) is 20.1. The van der Waals surface area contributed by atoms with Crippen LogP contribution in [0, 0.1) is 0 Å². The van der Waals surface area contributed by atoms with Crippen molar-refractivity contribution in [1.29, 1.82) is 0 Å². The highest BCUT2D eigenvalue weighted by Gasteiger charge is 2.19. The van der Waals surface area contributed by atoms with Crippen molar-refractivity contribution in [2.24, 2.45) is 14.1 Å². The van der Waals surface area contributed by atoms with Gasteiger partial charge >= 0.3 is 5.69 Å². The fourth-order valence-corrected chi connectivity index (χ4v) is 3.17. The zero-order valence-corrected chi connectivity index (χ0v) is 16.4. The standard InChI is InChI=1S/C18H22ClN5O4/c1-22-15-14(16(26)23(2)18(22)27)24(11-12-4-3-5-13(19)10-12)17(21-15)20-6-8-28-9-7-25/h3-5,10,25H,6-9,11H2,1-2H3,(H,20,21). The lowest BCUT2D eigenvalue weighted by Gasteiger charge is -2.11. The second-order valence-electron chi connectivity index (χ2n) is 6.29. The molecule has 0 saturated heterocycles. The van der Waals surface area contributed by atoms with Gasteiger partial charge in [-0.2, -0.15) is 4.98 Å².